The molecule has 0 aromatic heterocycles. The standard InChI is InChI=1S/C20H27ClN4O2/c1-22-19(27)25(18(26)20(22)8-3-2-4-9-20)15-23-10-12-24(13-11-23)17-7-5-6-16(21)14-17/h5-7,14H,2-4,8-13,15H2,1H3. The molecule has 0 radical (unpaired) electrons. The van der Waals surface area contributed by atoms with E-state index in [0.717, 1.165) is 69.0 Å². The van der Waals surface area contributed by atoms with Gasteiger partial charge in [0.2, 0.25) is 0 Å². The number of hydrogen-bond acceptors (Lipinski definition) is 4. The zero-order chi connectivity index (χ0) is 19.0. The normalized spacial score (nSPS) is 23.6. The summed E-state index contributed by atoms with van der Waals surface area (Å²) < 4.78 is 0. The van der Waals surface area contributed by atoms with Crippen molar-refractivity contribution in [1.82, 2.24) is 14.7 Å². The lowest BCUT2D eigenvalue weighted by atomic mass is 9.81. The Morgan fingerprint density at radius 2 is 1.74 bits per heavy atom. The van der Waals surface area contributed by atoms with Crippen LogP contribution in [-0.4, -0.2) is 72.1 Å². The van der Waals surface area contributed by atoms with Crippen LogP contribution in [0.3, 0.4) is 0 Å². The number of anilines is 1. The van der Waals surface area contributed by atoms with Crippen molar-refractivity contribution in [1.29, 1.82) is 0 Å². The number of imide groups is 1. The summed E-state index contributed by atoms with van der Waals surface area (Å²) in [6.07, 6.45) is 4.80. The number of rotatable bonds is 3. The molecule has 2 aliphatic heterocycles. The molecule has 27 heavy (non-hydrogen) atoms. The van der Waals surface area contributed by atoms with E-state index in [9.17, 15) is 9.59 Å². The van der Waals surface area contributed by atoms with Gasteiger partial charge in [0, 0.05) is 43.9 Å². The SMILES string of the molecule is CN1C(=O)N(CN2CCN(c3cccc(Cl)c3)CC2)C(=O)C12CCCCC2. The van der Waals surface area contributed by atoms with Crippen LogP contribution >= 0.6 is 11.6 Å². The van der Waals surface area contributed by atoms with Crippen molar-refractivity contribution >= 4 is 29.2 Å². The number of amides is 3. The highest BCUT2D eigenvalue weighted by atomic mass is 35.5. The van der Waals surface area contributed by atoms with E-state index >= 15 is 0 Å². The Balaban J connectivity index is 1.39. The first-order chi connectivity index (χ1) is 13.0. The largest absolute Gasteiger partial charge is 0.369 e. The second-order valence-corrected chi connectivity index (χ2v) is 8.33. The van der Waals surface area contributed by atoms with Gasteiger partial charge in [-0.05, 0) is 31.0 Å². The molecular weight excluding hydrogens is 364 g/mol. The first kappa shape index (κ1) is 18.6. The van der Waals surface area contributed by atoms with E-state index < -0.39 is 5.54 Å². The van der Waals surface area contributed by atoms with Crippen molar-refractivity contribution in [2.75, 3.05) is 44.8 Å². The molecule has 1 aliphatic carbocycles. The second kappa shape index (κ2) is 7.32. The fourth-order valence-corrected chi connectivity index (χ4v) is 4.86. The van der Waals surface area contributed by atoms with E-state index in [1.165, 1.54) is 4.90 Å². The number of piperazine rings is 1. The van der Waals surface area contributed by atoms with Crippen LogP contribution in [0.2, 0.25) is 5.02 Å². The van der Waals surface area contributed by atoms with E-state index in [4.69, 9.17) is 11.6 Å². The quantitative estimate of drug-likeness (QED) is 0.744. The molecule has 2 heterocycles. The number of carbonyl (C=O) groups excluding carboxylic acids is 2. The third kappa shape index (κ3) is 3.29. The average molecular weight is 391 g/mol. The molecule has 1 aromatic rings. The molecule has 3 fully saturated rings. The van der Waals surface area contributed by atoms with E-state index in [2.05, 4.69) is 15.9 Å². The molecule has 4 rings (SSSR count). The van der Waals surface area contributed by atoms with Crippen LogP contribution in [0.25, 0.3) is 0 Å². The van der Waals surface area contributed by atoms with Gasteiger partial charge in [-0.3, -0.25) is 9.69 Å². The maximum atomic E-state index is 13.1. The predicted octanol–water partition coefficient (Wildman–Crippen LogP) is 3.02. The minimum absolute atomic E-state index is 0.00645. The summed E-state index contributed by atoms with van der Waals surface area (Å²) in [5.74, 6) is 0.00645. The third-order valence-electron chi connectivity index (χ3n) is 6.37. The van der Waals surface area contributed by atoms with Crippen molar-refractivity contribution < 1.29 is 9.59 Å². The number of nitrogens with zero attached hydrogens (tertiary/aromatic N) is 4. The number of hydrogen-bond donors (Lipinski definition) is 0. The Labute approximate surface area is 165 Å². The Morgan fingerprint density at radius 1 is 1.04 bits per heavy atom. The van der Waals surface area contributed by atoms with Gasteiger partial charge in [0.25, 0.3) is 5.91 Å². The number of carbonyl (C=O) groups is 2. The summed E-state index contributed by atoms with van der Waals surface area (Å²) in [6, 6.07) is 7.75. The molecule has 0 N–H and O–H groups in total. The molecule has 0 atom stereocenters. The predicted molar refractivity (Wildman–Crippen MR) is 106 cm³/mol. The lowest BCUT2D eigenvalue weighted by Gasteiger charge is -2.37. The smallest absolute Gasteiger partial charge is 0.328 e. The van der Waals surface area contributed by atoms with Crippen LogP contribution in [-0.2, 0) is 4.79 Å². The highest BCUT2D eigenvalue weighted by molar-refractivity contribution is 6.30. The van der Waals surface area contributed by atoms with Crippen LogP contribution in [0.15, 0.2) is 24.3 Å². The van der Waals surface area contributed by atoms with Crippen LogP contribution < -0.4 is 4.90 Å². The molecule has 146 valence electrons. The molecule has 0 unspecified atom stereocenters. The van der Waals surface area contributed by atoms with Crippen molar-refractivity contribution in [2.24, 2.45) is 0 Å². The highest BCUT2D eigenvalue weighted by Crippen LogP contribution is 2.39. The van der Waals surface area contributed by atoms with E-state index in [1.807, 2.05) is 18.2 Å². The molecule has 3 amide bonds. The third-order valence-corrected chi connectivity index (χ3v) is 6.61. The Bertz CT molecular complexity index is 726. The summed E-state index contributed by atoms with van der Waals surface area (Å²) in [5.41, 5.74) is 0.536. The van der Waals surface area contributed by atoms with Crippen LogP contribution in [0.1, 0.15) is 32.1 Å². The summed E-state index contributed by atoms with van der Waals surface area (Å²) in [5, 5.41) is 0.740. The lowest BCUT2D eigenvalue weighted by Crippen LogP contribution is -2.52. The summed E-state index contributed by atoms with van der Waals surface area (Å²) >= 11 is 6.10. The number of likely N-dealkylation sites (N-methyl/N-ethyl adjacent to an activating group) is 1. The minimum atomic E-state index is -0.585. The van der Waals surface area contributed by atoms with Gasteiger partial charge in [-0.25, -0.2) is 9.69 Å². The van der Waals surface area contributed by atoms with Gasteiger partial charge in [0.05, 0.1) is 6.67 Å². The molecule has 1 aromatic carbocycles. The topological polar surface area (TPSA) is 47.1 Å². The van der Waals surface area contributed by atoms with Crippen molar-refractivity contribution in [3.8, 4) is 0 Å². The van der Waals surface area contributed by atoms with Gasteiger partial charge in [0.15, 0.2) is 0 Å². The fraction of sp³-hybridized carbons (Fsp3) is 0.600. The monoisotopic (exact) mass is 390 g/mol. The summed E-state index contributed by atoms with van der Waals surface area (Å²) in [6.45, 7) is 3.75. The summed E-state index contributed by atoms with van der Waals surface area (Å²) in [7, 11) is 1.79. The van der Waals surface area contributed by atoms with Gasteiger partial charge in [-0.15, -0.1) is 0 Å². The van der Waals surface area contributed by atoms with Gasteiger partial charge in [-0.2, -0.15) is 0 Å². The molecule has 1 spiro atoms. The van der Waals surface area contributed by atoms with E-state index in [1.54, 1.807) is 11.9 Å². The maximum Gasteiger partial charge on any atom is 0.328 e. The zero-order valence-electron chi connectivity index (χ0n) is 15.9. The molecule has 2 saturated heterocycles. The van der Waals surface area contributed by atoms with Gasteiger partial charge in [0.1, 0.15) is 5.54 Å². The lowest BCUT2D eigenvalue weighted by molar-refractivity contribution is -0.135. The fourth-order valence-electron chi connectivity index (χ4n) is 4.68. The van der Waals surface area contributed by atoms with Gasteiger partial charge >= 0.3 is 6.03 Å². The molecular formula is C20H27ClN4O2. The van der Waals surface area contributed by atoms with Crippen LogP contribution in [0, 0.1) is 0 Å². The molecule has 7 heteroatoms. The van der Waals surface area contributed by atoms with Crippen molar-refractivity contribution in [3.05, 3.63) is 29.3 Å². The van der Waals surface area contributed by atoms with Crippen LogP contribution in [0.5, 0.6) is 0 Å². The van der Waals surface area contributed by atoms with Crippen LogP contribution in [0.4, 0.5) is 10.5 Å². The maximum absolute atomic E-state index is 13.1. The second-order valence-electron chi connectivity index (χ2n) is 7.89. The Hall–Kier alpha value is -1.79. The number of benzene rings is 1. The molecule has 3 aliphatic rings. The van der Waals surface area contributed by atoms with E-state index in [0.29, 0.717) is 6.67 Å². The number of urea groups is 1. The first-order valence-electron chi connectivity index (χ1n) is 9.84. The summed E-state index contributed by atoms with van der Waals surface area (Å²) in [4.78, 5) is 33.6. The van der Waals surface area contributed by atoms with Crippen molar-refractivity contribution in [2.45, 2.75) is 37.6 Å². The Kier molecular flexibility index (Phi) is 5.03. The van der Waals surface area contributed by atoms with Gasteiger partial charge in [-0.1, -0.05) is 36.9 Å². The van der Waals surface area contributed by atoms with Gasteiger partial charge < -0.3 is 9.80 Å². The zero-order valence-corrected chi connectivity index (χ0v) is 16.6. The minimum Gasteiger partial charge on any atom is -0.369 e. The first-order valence-corrected chi connectivity index (χ1v) is 10.2. The Morgan fingerprint density at radius 3 is 2.41 bits per heavy atom. The average Bonchev–Trinajstić information content (AvgIpc) is 2.86. The molecule has 0 bridgehead atoms. The molecule has 6 nitrogen and oxygen atoms in total. The molecule has 1 saturated carbocycles. The highest BCUT2D eigenvalue weighted by Gasteiger charge is 2.55. The van der Waals surface area contributed by atoms with Crippen molar-refractivity contribution in [3.63, 3.8) is 0 Å². The van der Waals surface area contributed by atoms with E-state index in [-0.39, 0.29) is 11.9 Å². The number of halogens is 1.